The Morgan fingerprint density at radius 1 is 1.03 bits per heavy atom. The molecule has 6 rings (SSSR count). The van der Waals surface area contributed by atoms with Crippen LogP contribution in [0.15, 0.2) is 25.0 Å². The van der Waals surface area contributed by atoms with E-state index in [9.17, 15) is 0 Å². The van der Waals surface area contributed by atoms with Crippen LogP contribution in [0.25, 0.3) is 11.2 Å². The molecular weight excluding hydrogens is 420 g/mol. The van der Waals surface area contributed by atoms with Crippen LogP contribution in [-0.2, 0) is 14.1 Å². The molecule has 2 fully saturated rings. The number of imidazole rings is 1. The van der Waals surface area contributed by atoms with E-state index < -0.39 is 0 Å². The first-order valence-electron chi connectivity index (χ1n) is 11.5. The first-order chi connectivity index (χ1) is 16.2. The fourth-order valence-electron chi connectivity index (χ4n) is 5.05. The van der Waals surface area contributed by atoms with E-state index in [1.807, 2.05) is 34.1 Å². The summed E-state index contributed by atoms with van der Waals surface area (Å²) in [4.78, 5) is 16.5. The zero-order valence-electron chi connectivity index (χ0n) is 18.9. The zero-order valence-corrected chi connectivity index (χ0v) is 18.9. The maximum absolute atomic E-state index is 4.94. The second-order valence-electron chi connectivity index (χ2n) is 9.22. The molecule has 1 saturated carbocycles. The second-order valence-corrected chi connectivity index (χ2v) is 9.22. The van der Waals surface area contributed by atoms with Gasteiger partial charge in [-0.05, 0) is 31.6 Å². The predicted molar refractivity (Wildman–Crippen MR) is 122 cm³/mol. The maximum atomic E-state index is 4.94. The van der Waals surface area contributed by atoms with Gasteiger partial charge in [-0.25, -0.2) is 9.67 Å². The summed E-state index contributed by atoms with van der Waals surface area (Å²) in [7, 11) is 3.99. The van der Waals surface area contributed by atoms with Crippen molar-refractivity contribution in [2.75, 3.05) is 29.9 Å². The number of nitrogens with zero attached hydrogens (tertiary/aromatic N) is 11. The number of anilines is 2. The topological polar surface area (TPSA) is 120 Å². The van der Waals surface area contributed by atoms with Gasteiger partial charge >= 0.3 is 0 Å². The minimum atomic E-state index is 0.418. The Hall–Kier alpha value is -3.57. The van der Waals surface area contributed by atoms with Gasteiger partial charge in [0.25, 0.3) is 0 Å². The Kier molecular flexibility index (Phi) is 4.92. The van der Waals surface area contributed by atoms with Gasteiger partial charge in [0, 0.05) is 45.8 Å². The van der Waals surface area contributed by atoms with Gasteiger partial charge in [-0.15, -0.1) is 15.3 Å². The van der Waals surface area contributed by atoms with Crippen molar-refractivity contribution in [3.05, 3.63) is 30.9 Å². The van der Waals surface area contributed by atoms with Crippen LogP contribution < -0.4 is 10.2 Å². The second kappa shape index (κ2) is 8.09. The molecule has 1 aliphatic carbocycles. The molecule has 2 aliphatic rings. The summed E-state index contributed by atoms with van der Waals surface area (Å²) >= 11 is 0. The third-order valence-corrected chi connectivity index (χ3v) is 7.03. The van der Waals surface area contributed by atoms with E-state index in [-0.39, 0.29) is 0 Å². The van der Waals surface area contributed by atoms with Crippen molar-refractivity contribution in [1.82, 2.24) is 49.3 Å². The summed E-state index contributed by atoms with van der Waals surface area (Å²) in [6, 6.07) is 0.451. The molecule has 0 aromatic carbocycles. The number of hydrogen-bond donors (Lipinski definition) is 1. The van der Waals surface area contributed by atoms with E-state index in [2.05, 4.69) is 35.7 Å². The molecule has 0 amide bonds. The smallest absolute Gasteiger partial charge is 0.229 e. The molecule has 1 aliphatic heterocycles. The van der Waals surface area contributed by atoms with Crippen LogP contribution >= 0.6 is 0 Å². The molecule has 1 saturated heterocycles. The molecule has 4 aromatic rings. The number of piperidine rings is 1. The Morgan fingerprint density at radius 3 is 2.61 bits per heavy atom. The number of rotatable bonds is 6. The third-order valence-electron chi connectivity index (χ3n) is 7.03. The lowest BCUT2D eigenvalue weighted by molar-refractivity contribution is 0.191. The number of fused-ring (bicyclic) bond motifs is 1. The van der Waals surface area contributed by atoms with Gasteiger partial charge in [0.1, 0.15) is 17.7 Å². The minimum Gasteiger partial charge on any atom is -0.368 e. The third kappa shape index (κ3) is 3.68. The molecule has 12 nitrogen and oxygen atoms in total. The van der Waals surface area contributed by atoms with Crippen LogP contribution in [0.4, 0.5) is 11.8 Å². The fourth-order valence-corrected chi connectivity index (χ4v) is 5.05. The van der Waals surface area contributed by atoms with Gasteiger partial charge in [0.15, 0.2) is 11.5 Å². The van der Waals surface area contributed by atoms with Crippen LogP contribution in [0.2, 0.25) is 0 Å². The number of aryl methyl sites for hydroxylation is 2. The van der Waals surface area contributed by atoms with Gasteiger partial charge in [-0.1, -0.05) is 5.21 Å². The van der Waals surface area contributed by atoms with Crippen molar-refractivity contribution in [3.63, 3.8) is 0 Å². The standard InChI is InChI=1S/C21H28N12/c1-30-12-23-19-17(30)18(22-11-14-9-16(10-14)33-8-5-24-29-33)26-21(27-19)32-6-3-15(4-7-32)20-28-25-13-31(20)2/h5,8,12-16H,3-4,6-7,9-11H2,1-2H3,(H,22,26,27). The molecule has 0 spiro atoms. The molecule has 5 heterocycles. The Balaban J connectivity index is 1.15. The molecule has 0 radical (unpaired) electrons. The quantitative estimate of drug-likeness (QED) is 0.468. The van der Waals surface area contributed by atoms with Gasteiger partial charge in [0.05, 0.1) is 18.6 Å². The molecule has 12 heteroatoms. The van der Waals surface area contributed by atoms with E-state index in [0.717, 1.165) is 74.1 Å². The monoisotopic (exact) mass is 448 g/mol. The average molecular weight is 449 g/mol. The molecule has 0 unspecified atom stereocenters. The van der Waals surface area contributed by atoms with E-state index in [1.165, 1.54) is 0 Å². The average Bonchev–Trinajstić information content (AvgIpc) is 3.55. The maximum Gasteiger partial charge on any atom is 0.229 e. The molecule has 0 atom stereocenters. The molecule has 4 aromatic heterocycles. The lowest BCUT2D eigenvalue weighted by Crippen LogP contribution is -2.35. The first kappa shape index (κ1) is 20.1. The lowest BCUT2D eigenvalue weighted by atomic mass is 9.80. The van der Waals surface area contributed by atoms with Crippen LogP contribution in [0, 0.1) is 5.92 Å². The van der Waals surface area contributed by atoms with Crippen molar-refractivity contribution in [1.29, 1.82) is 0 Å². The molecular formula is C21H28N12. The summed E-state index contributed by atoms with van der Waals surface area (Å²) in [5, 5.41) is 20.0. The highest BCUT2D eigenvalue weighted by Gasteiger charge is 2.31. The SMILES string of the molecule is Cn1cnnc1C1CCN(c2nc(NCC3CC(n4ccnn4)C3)c3c(ncn3C)n2)CC1. The Bertz CT molecular complexity index is 1230. The van der Waals surface area contributed by atoms with Gasteiger partial charge in [-0.2, -0.15) is 9.97 Å². The Labute approximate surface area is 191 Å². The molecule has 33 heavy (non-hydrogen) atoms. The van der Waals surface area contributed by atoms with Crippen LogP contribution in [0.5, 0.6) is 0 Å². The first-order valence-corrected chi connectivity index (χ1v) is 11.5. The van der Waals surface area contributed by atoms with E-state index in [4.69, 9.17) is 9.97 Å². The van der Waals surface area contributed by atoms with Crippen molar-refractivity contribution in [2.45, 2.75) is 37.6 Å². The summed E-state index contributed by atoms with van der Waals surface area (Å²) in [6.07, 6.45) is 11.5. The summed E-state index contributed by atoms with van der Waals surface area (Å²) in [5.74, 6) is 3.66. The highest BCUT2D eigenvalue weighted by Crippen LogP contribution is 2.37. The van der Waals surface area contributed by atoms with Crippen molar-refractivity contribution in [3.8, 4) is 0 Å². The number of hydrogen-bond acceptors (Lipinski definition) is 9. The summed E-state index contributed by atoms with van der Waals surface area (Å²) in [5.41, 5.74) is 1.68. The molecule has 0 bridgehead atoms. The zero-order chi connectivity index (χ0) is 22.4. The van der Waals surface area contributed by atoms with E-state index >= 15 is 0 Å². The van der Waals surface area contributed by atoms with Crippen LogP contribution in [0.1, 0.15) is 43.5 Å². The summed E-state index contributed by atoms with van der Waals surface area (Å²) in [6.45, 7) is 2.64. The van der Waals surface area contributed by atoms with Crippen molar-refractivity contribution in [2.24, 2.45) is 20.0 Å². The highest BCUT2D eigenvalue weighted by molar-refractivity contribution is 5.84. The van der Waals surface area contributed by atoms with E-state index in [0.29, 0.717) is 17.9 Å². The van der Waals surface area contributed by atoms with Gasteiger partial charge in [0.2, 0.25) is 5.95 Å². The van der Waals surface area contributed by atoms with Gasteiger partial charge < -0.3 is 19.4 Å². The lowest BCUT2D eigenvalue weighted by Gasteiger charge is -2.35. The fraction of sp³-hybridized carbons (Fsp3) is 0.571. The predicted octanol–water partition coefficient (Wildman–Crippen LogP) is 1.53. The number of aromatic nitrogens is 10. The highest BCUT2D eigenvalue weighted by atomic mass is 15.4. The van der Waals surface area contributed by atoms with Crippen molar-refractivity contribution >= 4 is 22.9 Å². The molecule has 1 N–H and O–H groups in total. The number of nitrogens with one attached hydrogen (secondary N) is 1. The summed E-state index contributed by atoms with van der Waals surface area (Å²) < 4.78 is 5.97. The van der Waals surface area contributed by atoms with Gasteiger partial charge in [-0.3, -0.25) is 0 Å². The van der Waals surface area contributed by atoms with Crippen molar-refractivity contribution < 1.29 is 0 Å². The van der Waals surface area contributed by atoms with Crippen LogP contribution in [0.3, 0.4) is 0 Å². The normalized spacial score (nSPS) is 21.5. The Morgan fingerprint density at radius 2 is 1.88 bits per heavy atom. The largest absolute Gasteiger partial charge is 0.368 e. The van der Waals surface area contributed by atoms with Crippen LogP contribution in [-0.4, -0.2) is 68.9 Å². The van der Waals surface area contributed by atoms with E-state index in [1.54, 1.807) is 18.9 Å². The minimum absolute atomic E-state index is 0.418. The molecule has 172 valence electrons.